The molecule has 0 radical (unpaired) electrons. The standard InChI is InChI=1S/C30H50O3/c1-18(2)9-8-10-19(3)25-20(31)15-27(6)22-12-11-21-26(4,5)23(32)13-14-29(21)17-30(22,29)24(33)16-28(25,27)7/h9,19-25,31-33H,8,10-17H2,1-7H3/t19-,20+,21+,22+,23+,24-,25+,27+,28-,29-,30+/m1/s1. The Bertz CT molecular complexity index is 828. The minimum atomic E-state index is -0.271. The van der Waals surface area contributed by atoms with Gasteiger partial charge in [0.05, 0.1) is 18.3 Å². The highest BCUT2D eigenvalue weighted by Crippen LogP contribution is 2.88. The minimum Gasteiger partial charge on any atom is -0.393 e. The van der Waals surface area contributed by atoms with E-state index in [4.69, 9.17) is 0 Å². The van der Waals surface area contributed by atoms with Gasteiger partial charge in [0.1, 0.15) is 0 Å². The number of hydrogen-bond acceptors (Lipinski definition) is 3. The van der Waals surface area contributed by atoms with Crippen molar-refractivity contribution in [3.63, 3.8) is 0 Å². The zero-order chi connectivity index (χ0) is 24.2. The molecule has 3 heteroatoms. The van der Waals surface area contributed by atoms with Gasteiger partial charge in [0, 0.05) is 5.41 Å². The van der Waals surface area contributed by atoms with Crippen molar-refractivity contribution in [3.8, 4) is 0 Å². The molecule has 2 spiro atoms. The average Bonchev–Trinajstić information content (AvgIpc) is 3.34. The Morgan fingerprint density at radius 3 is 2.24 bits per heavy atom. The number of fused-ring (bicyclic) bond motifs is 2. The first-order valence-electron chi connectivity index (χ1n) is 14.0. The van der Waals surface area contributed by atoms with E-state index >= 15 is 0 Å². The van der Waals surface area contributed by atoms with Crippen LogP contribution >= 0.6 is 0 Å². The molecule has 5 rings (SSSR count). The lowest BCUT2D eigenvalue weighted by atomic mass is 9.41. The van der Waals surface area contributed by atoms with Crippen molar-refractivity contribution >= 4 is 0 Å². The largest absolute Gasteiger partial charge is 0.393 e. The SMILES string of the molecule is CC(C)=CCC[C@@H](C)[C@H]1[C@@H](O)C[C@@]2(C)[C@@H]3CC[C@H]4C(C)(C)[C@@H](O)CC[C@@]45C[C@@]35[C@H](O)C[C@]12C. The highest BCUT2D eigenvalue weighted by molar-refractivity contribution is 5.33. The van der Waals surface area contributed by atoms with Gasteiger partial charge in [-0.3, -0.25) is 0 Å². The van der Waals surface area contributed by atoms with Gasteiger partial charge in [-0.1, -0.05) is 46.3 Å². The molecule has 0 aliphatic heterocycles. The van der Waals surface area contributed by atoms with Gasteiger partial charge < -0.3 is 15.3 Å². The fourth-order valence-corrected chi connectivity index (χ4v) is 11.3. The molecule has 33 heavy (non-hydrogen) atoms. The summed E-state index contributed by atoms with van der Waals surface area (Å²) in [5.74, 6) is 1.72. The molecular formula is C30H50O3. The molecule has 0 unspecified atom stereocenters. The Labute approximate surface area is 202 Å². The Kier molecular flexibility index (Phi) is 5.40. The summed E-state index contributed by atoms with van der Waals surface area (Å²) >= 11 is 0. The maximum Gasteiger partial charge on any atom is 0.0610 e. The molecule has 11 atom stereocenters. The molecule has 3 N–H and O–H groups in total. The number of aliphatic hydroxyl groups excluding tert-OH is 3. The Morgan fingerprint density at radius 1 is 0.909 bits per heavy atom. The molecule has 188 valence electrons. The number of hydrogen-bond donors (Lipinski definition) is 3. The number of allylic oxidation sites excluding steroid dienone is 2. The van der Waals surface area contributed by atoms with Gasteiger partial charge in [-0.15, -0.1) is 0 Å². The predicted molar refractivity (Wildman–Crippen MR) is 133 cm³/mol. The highest BCUT2D eigenvalue weighted by atomic mass is 16.3. The molecule has 0 aromatic carbocycles. The third-order valence-corrected chi connectivity index (χ3v) is 12.9. The molecule has 0 aromatic rings. The van der Waals surface area contributed by atoms with Crippen LogP contribution < -0.4 is 0 Å². The molecular weight excluding hydrogens is 408 g/mol. The van der Waals surface area contributed by atoms with E-state index in [1.54, 1.807) is 0 Å². The summed E-state index contributed by atoms with van der Waals surface area (Å²) in [6.07, 6.45) is 10.9. The van der Waals surface area contributed by atoms with Crippen molar-refractivity contribution in [1.82, 2.24) is 0 Å². The molecule has 0 aromatic heterocycles. The quantitative estimate of drug-likeness (QED) is 0.445. The molecule has 0 bridgehead atoms. The van der Waals surface area contributed by atoms with E-state index < -0.39 is 0 Å². The third-order valence-electron chi connectivity index (χ3n) is 12.9. The van der Waals surface area contributed by atoms with Gasteiger partial charge in [-0.05, 0) is 117 Å². The molecule has 0 heterocycles. The van der Waals surface area contributed by atoms with E-state index in [1.165, 1.54) is 12.0 Å². The van der Waals surface area contributed by atoms with E-state index in [-0.39, 0.29) is 51.3 Å². The topological polar surface area (TPSA) is 60.7 Å². The van der Waals surface area contributed by atoms with E-state index in [0.29, 0.717) is 17.8 Å². The average molecular weight is 459 g/mol. The van der Waals surface area contributed by atoms with Crippen molar-refractivity contribution in [3.05, 3.63) is 11.6 Å². The maximum absolute atomic E-state index is 12.0. The number of rotatable bonds is 4. The first-order chi connectivity index (χ1) is 15.3. The van der Waals surface area contributed by atoms with Crippen molar-refractivity contribution in [2.75, 3.05) is 0 Å². The number of aliphatic hydroxyl groups is 3. The second-order valence-corrected chi connectivity index (χ2v) is 14.6. The molecule has 5 aliphatic carbocycles. The normalized spacial score (nSPS) is 55.0. The van der Waals surface area contributed by atoms with Crippen LogP contribution in [0.15, 0.2) is 11.6 Å². The molecule has 0 amide bonds. The summed E-state index contributed by atoms with van der Waals surface area (Å²) in [6.45, 7) is 16.2. The first-order valence-corrected chi connectivity index (χ1v) is 14.0. The maximum atomic E-state index is 12.0. The Hall–Kier alpha value is -0.380. The summed E-state index contributed by atoms with van der Waals surface area (Å²) in [4.78, 5) is 0. The van der Waals surface area contributed by atoms with E-state index in [1.807, 2.05) is 0 Å². The van der Waals surface area contributed by atoms with Crippen LogP contribution in [0.5, 0.6) is 0 Å². The van der Waals surface area contributed by atoms with E-state index in [9.17, 15) is 15.3 Å². The van der Waals surface area contributed by atoms with Gasteiger partial charge >= 0.3 is 0 Å². The summed E-state index contributed by atoms with van der Waals surface area (Å²) < 4.78 is 0. The van der Waals surface area contributed by atoms with Crippen LogP contribution in [-0.2, 0) is 0 Å². The minimum absolute atomic E-state index is 0.0154. The van der Waals surface area contributed by atoms with Crippen LogP contribution in [0, 0.1) is 50.7 Å². The van der Waals surface area contributed by atoms with Gasteiger partial charge in [0.15, 0.2) is 0 Å². The summed E-state index contributed by atoms with van der Waals surface area (Å²) in [7, 11) is 0. The second kappa shape index (κ2) is 7.32. The predicted octanol–water partition coefficient (Wildman–Crippen LogP) is 6.11. The summed E-state index contributed by atoms with van der Waals surface area (Å²) in [5.41, 5.74) is 1.59. The lowest BCUT2D eigenvalue weighted by Gasteiger charge is -2.64. The van der Waals surface area contributed by atoms with E-state index in [0.717, 1.165) is 51.4 Å². The Balaban J connectivity index is 1.48. The van der Waals surface area contributed by atoms with Crippen molar-refractivity contribution in [2.45, 2.75) is 125 Å². The van der Waals surface area contributed by atoms with Crippen molar-refractivity contribution in [2.24, 2.45) is 50.7 Å². The Morgan fingerprint density at radius 2 is 1.58 bits per heavy atom. The van der Waals surface area contributed by atoms with Gasteiger partial charge in [-0.25, -0.2) is 0 Å². The lowest BCUT2D eigenvalue weighted by molar-refractivity contribution is -0.202. The molecule has 3 nitrogen and oxygen atoms in total. The van der Waals surface area contributed by atoms with Gasteiger partial charge in [-0.2, -0.15) is 0 Å². The monoisotopic (exact) mass is 458 g/mol. The third kappa shape index (κ3) is 2.85. The molecule has 5 saturated carbocycles. The van der Waals surface area contributed by atoms with Crippen LogP contribution in [0.25, 0.3) is 0 Å². The van der Waals surface area contributed by atoms with Crippen LogP contribution in [0.3, 0.4) is 0 Å². The molecule has 5 aliphatic rings. The second-order valence-electron chi connectivity index (χ2n) is 14.6. The summed E-state index contributed by atoms with van der Waals surface area (Å²) in [5, 5.41) is 34.4. The van der Waals surface area contributed by atoms with Crippen LogP contribution in [0.1, 0.15) is 106 Å². The van der Waals surface area contributed by atoms with Crippen LogP contribution in [0.4, 0.5) is 0 Å². The van der Waals surface area contributed by atoms with Crippen molar-refractivity contribution < 1.29 is 15.3 Å². The highest BCUT2D eigenvalue weighted by Gasteiger charge is 2.85. The lowest BCUT2D eigenvalue weighted by Crippen LogP contribution is -2.62. The van der Waals surface area contributed by atoms with Gasteiger partial charge in [0.25, 0.3) is 0 Å². The smallest absolute Gasteiger partial charge is 0.0610 e. The summed E-state index contributed by atoms with van der Waals surface area (Å²) in [6, 6.07) is 0. The van der Waals surface area contributed by atoms with Crippen molar-refractivity contribution in [1.29, 1.82) is 0 Å². The van der Waals surface area contributed by atoms with E-state index in [2.05, 4.69) is 54.5 Å². The fraction of sp³-hybridized carbons (Fsp3) is 0.933. The molecule has 5 fully saturated rings. The zero-order valence-corrected chi connectivity index (χ0v) is 22.3. The van der Waals surface area contributed by atoms with Gasteiger partial charge in [0.2, 0.25) is 0 Å². The fourth-order valence-electron chi connectivity index (χ4n) is 11.3. The zero-order valence-electron chi connectivity index (χ0n) is 22.3. The van der Waals surface area contributed by atoms with Crippen LogP contribution in [-0.4, -0.2) is 33.6 Å². The van der Waals surface area contributed by atoms with Crippen LogP contribution in [0.2, 0.25) is 0 Å². The molecule has 0 saturated heterocycles. The first kappa shape index (κ1) is 24.3.